The first kappa shape index (κ1) is 11.6. The molecule has 0 aliphatic heterocycles. The molecule has 0 aliphatic carbocycles. The summed E-state index contributed by atoms with van der Waals surface area (Å²) >= 11 is 1.67. The second-order valence-corrected chi connectivity index (χ2v) is 4.26. The lowest BCUT2D eigenvalue weighted by Crippen LogP contribution is -2.12. The lowest BCUT2D eigenvalue weighted by atomic mass is 9.98. The summed E-state index contributed by atoms with van der Waals surface area (Å²) in [7, 11) is 0. The van der Waals surface area contributed by atoms with Gasteiger partial charge in [0.15, 0.2) is 0 Å². The van der Waals surface area contributed by atoms with Crippen LogP contribution in [0.4, 0.5) is 0 Å². The quantitative estimate of drug-likeness (QED) is 0.751. The molecule has 0 aliphatic rings. The molecule has 14 heavy (non-hydrogen) atoms. The van der Waals surface area contributed by atoms with E-state index in [0.717, 1.165) is 5.56 Å². The molecule has 0 saturated heterocycles. The molecule has 1 aromatic rings. The summed E-state index contributed by atoms with van der Waals surface area (Å²) in [6.07, 6.45) is 1.44. The third-order valence-electron chi connectivity index (χ3n) is 2.28. The third-order valence-corrected chi connectivity index (χ3v) is 3.03. The molecule has 0 radical (unpaired) electrons. The van der Waals surface area contributed by atoms with Crippen LogP contribution in [0.25, 0.3) is 0 Å². The Morgan fingerprint density at radius 3 is 2.29 bits per heavy atom. The maximum Gasteiger partial charge on any atom is 0.0837 e. The molecular weight excluding hydrogens is 196 g/mol. The van der Waals surface area contributed by atoms with Crippen molar-refractivity contribution in [2.24, 2.45) is 5.92 Å². The van der Waals surface area contributed by atoms with Gasteiger partial charge in [-0.1, -0.05) is 19.1 Å². The highest BCUT2D eigenvalue weighted by molar-refractivity contribution is 7.98. The average molecular weight is 212 g/mol. The van der Waals surface area contributed by atoms with Gasteiger partial charge in [0.25, 0.3) is 0 Å². The van der Waals surface area contributed by atoms with Crippen molar-refractivity contribution >= 4 is 11.8 Å². The number of benzene rings is 1. The SMILES string of the molecule is CSc1ccc([C@H](O)[C@@H](C)CO)cc1. The highest BCUT2D eigenvalue weighted by atomic mass is 32.2. The summed E-state index contributed by atoms with van der Waals surface area (Å²) in [6, 6.07) is 7.77. The minimum Gasteiger partial charge on any atom is -0.396 e. The van der Waals surface area contributed by atoms with E-state index >= 15 is 0 Å². The van der Waals surface area contributed by atoms with E-state index in [9.17, 15) is 5.11 Å². The summed E-state index contributed by atoms with van der Waals surface area (Å²) < 4.78 is 0. The van der Waals surface area contributed by atoms with E-state index in [1.54, 1.807) is 11.8 Å². The molecule has 0 heterocycles. The predicted octanol–water partition coefficient (Wildman–Crippen LogP) is 2.07. The molecule has 78 valence electrons. The molecule has 0 aromatic heterocycles. The van der Waals surface area contributed by atoms with Crippen molar-refractivity contribution in [2.75, 3.05) is 12.9 Å². The van der Waals surface area contributed by atoms with Gasteiger partial charge in [0.05, 0.1) is 6.10 Å². The summed E-state index contributed by atoms with van der Waals surface area (Å²) in [4.78, 5) is 1.18. The van der Waals surface area contributed by atoms with E-state index in [0.29, 0.717) is 0 Å². The zero-order valence-corrected chi connectivity index (χ0v) is 9.29. The number of aliphatic hydroxyl groups is 2. The van der Waals surface area contributed by atoms with Crippen LogP contribution < -0.4 is 0 Å². The Morgan fingerprint density at radius 2 is 1.86 bits per heavy atom. The van der Waals surface area contributed by atoms with Gasteiger partial charge in [-0.15, -0.1) is 11.8 Å². The van der Waals surface area contributed by atoms with Gasteiger partial charge in [0.1, 0.15) is 0 Å². The standard InChI is InChI=1S/C11H16O2S/c1-8(7-12)11(13)9-3-5-10(14-2)6-4-9/h3-6,8,11-13H,7H2,1-2H3/t8-,11+/m0/s1. The first-order valence-corrected chi connectivity index (χ1v) is 5.84. The Kier molecular flexibility index (Phi) is 4.45. The highest BCUT2D eigenvalue weighted by Gasteiger charge is 2.14. The van der Waals surface area contributed by atoms with E-state index in [2.05, 4.69) is 0 Å². The molecule has 0 bridgehead atoms. The van der Waals surface area contributed by atoms with E-state index in [1.807, 2.05) is 37.4 Å². The molecular formula is C11H16O2S. The first-order valence-electron chi connectivity index (χ1n) is 4.62. The van der Waals surface area contributed by atoms with E-state index in [1.165, 1.54) is 4.90 Å². The molecule has 0 fully saturated rings. The van der Waals surface area contributed by atoms with Gasteiger partial charge in [-0.2, -0.15) is 0 Å². The van der Waals surface area contributed by atoms with Crippen LogP contribution in [0.5, 0.6) is 0 Å². The fourth-order valence-corrected chi connectivity index (χ4v) is 1.64. The molecule has 0 amide bonds. The molecule has 0 unspecified atom stereocenters. The van der Waals surface area contributed by atoms with Crippen LogP contribution in [0.1, 0.15) is 18.6 Å². The van der Waals surface area contributed by atoms with Crippen LogP contribution in [0.15, 0.2) is 29.2 Å². The van der Waals surface area contributed by atoms with Crippen molar-refractivity contribution in [3.63, 3.8) is 0 Å². The fraction of sp³-hybridized carbons (Fsp3) is 0.455. The van der Waals surface area contributed by atoms with Crippen molar-refractivity contribution in [3.05, 3.63) is 29.8 Å². The molecule has 1 rings (SSSR count). The normalized spacial score (nSPS) is 15.1. The summed E-state index contributed by atoms with van der Waals surface area (Å²) in [6.45, 7) is 1.83. The molecule has 2 N–H and O–H groups in total. The zero-order valence-electron chi connectivity index (χ0n) is 8.47. The second kappa shape index (κ2) is 5.39. The van der Waals surface area contributed by atoms with Gasteiger partial charge < -0.3 is 10.2 Å². The Bertz CT molecular complexity index is 271. The van der Waals surface area contributed by atoms with Gasteiger partial charge in [-0.3, -0.25) is 0 Å². The van der Waals surface area contributed by atoms with Gasteiger partial charge in [-0.25, -0.2) is 0 Å². The third kappa shape index (κ3) is 2.74. The van der Waals surface area contributed by atoms with Crippen LogP contribution in [0, 0.1) is 5.92 Å². The zero-order chi connectivity index (χ0) is 10.6. The number of hydrogen-bond donors (Lipinski definition) is 2. The maximum absolute atomic E-state index is 9.79. The monoisotopic (exact) mass is 212 g/mol. The number of rotatable bonds is 4. The van der Waals surface area contributed by atoms with Gasteiger partial charge >= 0.3 is 0 Å². The number of hydrogen-bond acceptors (Lipinski definition) is 3. The molecule has 2 nitrogen and oxygen atoms in total. The topological polar surface area (TPSA) is 40.5 Å². The van der Waals surface area contributed by atoms with Crippen molar-refractivity contribution in [3.8, 4) is 0 Å². The summed E-state index contributed by atoms with van der Waals surface area (Å²) in [5, 5.41) is 18.7. The van der Waals surface area contributed by atoms with Crippen LogP contribution in [0.3, 0.4) is 0 Å². The lowest BCUT2D eigenvalue weighted by Gasteiger charge is -2.16. The molecule has 2 atom stereocenters. The van der Waals surface area contributed by atoms with Crippen molar-refractivity contribution < 1.29 is 10.2 Å². The molecule has 0 spiro atoms. The van der Waals surface area contributed by atoms with Crippen molar-refractivity contribution in [1.29, 1.82) is 0 Å². The van der Waals surface area contributed by atoms with E-state index in [4.69, 9.17) is 5.11 Å². The summed E-state index contributed by atoms with van der Waals surface area (Å²) in [5.41, 5.74) is 0.865. The Balaban J connectivity index is 2.75. The van der Waals surface area contributed by atoms with Crippen molar-refractivity contribution in [1.82, 2.24) is 0 Å². The smallest absolute Gasteiger partial charge is 0.0837 e. The Morgan fingerprint density at radius 1 is 1.29 bits per heavy atom. The first-order chi connectivity index (χ1) is 6.69. The van der Waals surface area contributed by atoms with Crippen LogP contribution in [0.2, 0.25) is 0 Å². The minimum absolute atomic E-state index is 0.00540. The van der Waals surface area contributed by atoms with Gasteiger partial charge in [0, 0.05) is 17.4 Å². The summed E-state index contributed by atoms with van der Waals surface area (Å²) in [5.74, 6) is -0.116. The Hall–Kier alpha value is -0.510. The number of thioether (sulfide) groups is 1. The highest BCUT2D eigenvalue weighted by Crippen LogP contribution is 2.23. The average Bonchev–Trinajstić information content (AvgIpc) is 2.27. The van der Waals surface area contributed by atoms with E-state index in [-0.39, 0.29) is 12.5 Å². The second-order valence-electron chi connectivity index (χ2n) is 3.38. The fourth-order valence-electron chi connectivity index (χ4n) is 1.23. The van der Waals surface area contributed by atoms with Gasteiger partial charge in [-0.05, 0) is 24.0 Å². The largest absolute Gasteiger partial charge is 0.396 e. The predicted molar refractivity (Wildman–Crippen MR) is 59.4 cm³/mol. The van der Waals surface area contributed by atoms with Crippen LogP contribution in [-0.2, 0) is 0 Å². The van der Waals surface area contributed by atoms with E-state index < -0.39 is 6.10 Å². The molecule has 1 aromatic carbocycles. The Labute approximate surface area is 89.0 Å². The molecule has 3 heteroatoms. The van der Waals surface area contributed by atoms with Crippen LogP contribution in [-0.4, -0.2) is 23.1 Å². The maximum atomic E-state index is 9.79. The lowest BCUT2D eigenvalue weighted by molar-refractivity contribution is 0.0770. The van der Waals surface area contributed by atoms with Crippen molar-refractivity contribution in [2.45, 2.75) is 17.9 Å². The van der Waals surface area contributed by atoms with Crippen LogP contribution >= 0.6 is 11.8 Å². The number of aliphatic hydroxyl groups excluding tert-OH is 2. The minimum atomic E-state index is -0.573. The van der Waals surface area contributed by atoms with Gasteiger partial charge in [0.2, 0.25) is 0 Å². The molecule has 0 saturated carbocycles.